The van der Waals surface area contributed by atoms with Gasteiger partial charge < -0.3 is 0 Å². The topological polar surface area (TPSA) is 72.5 Å². The number of azide groups is 1. The summed E-state index contributed by atoms with van der Waals surface area (Å²) in [5.41, 5.74) is 8.27. The van der Waals surface area contributed by atoms with Gasteiger partial charge in [0.2, 0.25) is 0 Å². The van der Waals surface area contributed by atoms with E-state index < -0.39 is 5.82 Å². The van der Waals surface area contributed by atoms with Gasteiger partial charge in [0.25, 0.3) is 0 Å². The third kappa shape index (κ3) is 2.08. The van der Waals surface area contributed by atoms with Gasteiger partial charge >= 0.3 is 0 Å². The van der Waals surface area contributed by atoms with Gasteiger partial charge in [-0.3, -0.25) is 0 Å². The second-order valence-electron chi connectivity index (χ2n) is 2.08. The Morgan fingerprint density at radius 3 is 2.85 bits per heavy atom. The Labute approximate surface area is 86.8 Å². The normalized spacial score (nSPS) is 8.69. The van der Waals surface area contributed by atoms with Gasteiger partial charge in [0.15, 0.2) is 0 Å². The smallest absolute Gasteiger partial charge is 0.141 e. The first-order chi connectivity index (χ1) is 6.19. The van der Waals surface area contributed by atoms with Gasteiger partial charge in [-0.2, -0.15) is 5.26 Å². The molecule has 0 saturated heterocycles. The van der Waals surface area contributed by atoms with Crippen molar-refractivity contribution in [1.29, 1.82) is 5.26 Å². The summed E-state index contributed by atoms with van der Waals surface area (Å²) in [6.07, 6.45) is 0. The predicted octanol–water partition coefficient (Wildman–Crippen LogP) is 3.24. The zero-order valence-electron chi connectivity index (χ0n) is 6.20. The summed E-state index contributed by atoms with van der Waals surface area (Å²) in [5.74, 6) is -0.676. The fourth-order valence-electron chi connectivity index (χ4n) is 0.747. The minimum absolute atomic E-state index is 0.0544. The van der Waals surface area contributed by atoms with E-state index in [4.69, 9.17) is 10.8 Å². The molecule has 0 amide bonds. The minimum Gasteiger partial charge on any atom is -0.206 e. The average Bonchev–Trinajstić information content (AvgIpc) is 2.11. The van der Waals surface area contributed by atoms with E-state index in [0.29, 0.717) is 3.57 Å². The molecule has 0 unspecified atom stereocenters. The number of nitriles is 1. The van der Waals surface area contributed by atoms with Crippen LogP contribution in [0.5, 0.6) is 0 Å². The highest BCUT2D eigenvalue weighted by atomic mass is 127. The Bertz CT molecular complexity index is 431. The van der Waals surface area contributed by atoms with Crippen molar-refractivity contribution >= 4 is 28.3 Å². The number of benzene rings is 1. The average molecular weight is 288 g/mol. The highest BCUT2D eigenvalue weighted by Gasteiger charge is 2.05. The lowest BCUT2D eigenvalue weighted by molar-refractivity contribution is 0.624. The molecule has 64 valence electrons. The molecule has 0 radical (unpaired) electrons. The van der Waals surface area contributed by atoms with E-state index in [1.165, 1.54) is 6.07 Å². The van der Waals surface area contributed by atoms with Crippen molar-refractivity contribution in [3.63, 3.8) is 0 Å². The van der Waals surface area contributed by atoms with Crippen LogP contribution >= 0.6 is 22.6 Å². The van der Waals surface area contributed by atoms with Gasteiger partial charge in [-0.05, 0) is 40.3 Å². The first-order valence-electron chi connectivity index (χ1n) is 3.13. The number of rotatable bonds is 1. The molecular formula is C7H2FIN4. The maximum atomic E-state index is 12.9. The highest BCUT2D eigenvalue weighted by molar-refractivity contribution is 14.1. The van der Waals surface area contributed by atoms with Crippen LogP contribution in [-0.2, 0) is 0 Å². The van der Waals surface area contributed by atoms with Crippen molar-refractivity contribution in [2.75, 3.05) is 0 Å². The number of halogens is 2. The number of hydrogen-bond acceptors (Lipinski definition) is 2. The monoisotopic (exact) mass is 288 g/mol. The molecule has 1 aromatic carbocycles. The molecule has 13 heavy (non-hydrogen) atoms. The van der Waals surface area contributed by atoms with Crippen molar-refractivity contribution in [3.05, 3.63) is 37.5 Å². The van der Waals surface area contributed by atoms with Gasteiger partial charge in [0.05, 0.1) is 11.3 Å². The van der Waals surface area contributed by atoms with Crippen LogP contribution in [0.3, 0.4) is 0 Å². The summed E-state index contributed by atoms with van der Waals surface area (Å²) in [6, 6.07) is 4.07. The fourth-order valence-corrected chi connectivity index (χ4v) is 1.32. The van der Waals surface area contributed by atoms with Gasteiger partial charge in [-0.25, -0.2) is 4.39 Å². The summed E-state index contributed by atoms with van der Waals surface area (Å²) >= 11 is 1.87. The molecule has 0 heterocycles. The Balaban J connectivity index is 3.38. The lowest BCUT2D eigenvalue weighted by Gasteiger charge is -1.98. The van der Waals surface area contributed by atoms with Crippen LogP contribution in [-0.4, -0.2) is 0 Å². The van der Waals surface area contributed by atoms with Gasteiger partial charge in [-0.15, -0.1) is 0 Å². The zero-order chi connectivity index (χ0) is 9.84. The van der Waals surface area contributed by atoms with Crippen molar-refractivity contribution in [2.24, 2.45) is 5.11 Å². The first kappa shape index (κ1) is 9.77. The summed E-state index contributed by atoms with van der Waals surface area (Å²) in [7, 11) is 0. The summed E-state index contributed by atoms with van der Waals surface area (Å²) in [4.78, 5) is 2.53. The van der Waals surface area contributed by atoms with Crippen LogP contribution in [0.25, 0.3) is 10.4 Å². The Kier molecular flexibility index (Phi) is 3.06. The molecule has 0 bridgehead atoms. The summed E-state index contributed by atoms with van der Waals surface area (Å²) in [5, 5.41) is 11.7. The molecule has 0 aliphatic carbocycles. The predicted molar refractivity (Wildman–Crippen MR) is 52.6 cm³/mol. The molecule has 0 saturated carbocycles. The Hall–Kier alpha value is -1.32. The molecular weight excluding hydrogens is 286 g/mol. The molecule has 0 aromatic heterocycles. The van der Waals surface area contributed by atoms with Crippen molar-refractivity contribution in [2.45, 2.75) is 0 Å². The number of nitrogens with zero attached hydrogens (tertiary/aromatic N) is 4. The van der Waals surface area contributed by atoms with Crippen molar-refractivity contribution < 1.29 is 4.39 Å². The van der Waals surface area contributed by atoms with Crippen LogP contribution in [0.4, 0.5) is 10.1 Å². The van der Waals surface area contributed by atoms with E-state index in [-0.39, 0.29) is 11.3 Å². The maximum Gasteiger partial charge on any atom is 0.141 e. The van der Waals surface area contributed by atoms with E-state index in [1.54, 1.807) is 6.07 Å². The SMILES string of the molecule is N#Cc1cc(I)c(N=[N+]=[N-])cc1F. The molecule has 1 aromatic rings. The Morgan fingerprint density at radius 1 is 1.62 bits per heavy atom. The molecule has 0 N–H and O–H groups in total. The molecule has 0 spiro atoms. The van der Waals surface area contributed by atoms with E-state index in [9.17, 15) is 4.39 Å². The van der Waals surface area contributed by atoms with Crippen LogP contribution < -0.4 is 0 Å². The van der Waals surface area contributed by atoms with Crippen LogP contribution in [0.15, 0.2) is 17.2 Å². The lowest BCUT2D eigenvalue weighted by atomic mass is 10.2. The quantitative estimate of drug-likeness (QED) is 0.338. The van der Waals surface area contributed by atoms with Crippen molar-refractivity contribution in [3.8, 4) is 6.07 Å². The van der Waals surface area contributed by atoms with Crippen LogP contribution in [0, 0.1) is 20.7 Å². The molecule has 0 aliphatic heterocycles. The maximum absolute atomic E-state index is 12.9. The third-order valence-corrected chi connectivity index (χ3v) is 2.17. The van der Waals surface area contributed by atoms with Gasteiger partial charge in [0.1, 0.15) is 11.9 Å². The fraction of sp³-hybridized carbons (Fsp3) is 0. The second kappa shape index (κ2) is 4.07. The molecule has 0 aliphatic rings. The van der Waals surface area contributed by atoms with E-state index in [0.717, 1.165) is 6.07 Å². The highest BCUT2D eigenvalue weighted by Crippen LogP contribution is 2.24. The lowest BCUT2D eigenvalue weighted by Crippen LogP contribution is -1.84. The standard InChI is InChI=1S/C7H2FIN4/c8-5-2-7(12-13-11)6(9)1-4(5)3-10/h1-2H. The molecule has 0 atom stereocenters. The zero-order valence-corrected chi connectivity index (χ0v) is 8.36. The molecule has 6 heteroatoms. The van der Waals surface area contributed by atoms with Gasteiger partial charge in [-0.1, -0.05) is 5.11 Å². The first-order valence-corrected chi connectivity index (χ1v) is 4.21. The van der Waals surface area contributed by atoms with Crippen LogP contribution in [0.1, 0.15) is 5.56 Å². The summed E-state index contributed by atoms with van der Waals surface area (Å²) < 4.78 is 13.5. The number of hydrogen-bond donors (Lipinski definition) is 0. The van der Waals surface area contributed by atoms with Crippen LogP contribution in [0.2, 0.25) is 0 Å². The van der Waals surface area contributed by atoms with Gasteiger partial charge in [0, 0.05) is 8.48 Å². The molecule has 0 fully saturated rings. The van der Waals surface area contributed by atoms with E-state index in [2.05, 4.69) is 10.0 Å². The molecule has 4 nitrogen and oxygen atoms in total. The molecule has 1 rings (SSSR count). The summed E-state index contributed by atoms with van der Waals surface area (Å²) in [6.45, 7) is 0. The second-order valence-corrected chi connectivity index (χ2v) is 3.25. The van der Waals surface area contributed by atoms with Crippen molar-refractivity contribution in [1.82, 2.24) is 0 Å². The largest absolute Gasteiger partial charge is 0.206 e. The van der Waals surface area contributed by atoms with E-state index >= 15 is 0 Å². The Morgan fingerprint density at radius 2 is 2.31 bits per heavy atom. The third-order valence-electron chi connectivity index (χ3n) is 1.31. The van der Waals surface area contributed by atoms with E-state index in [1.807, 2.05) is 22.6 Å². The minimum atomic E-state index is -0.676.